The van der Waals surface area contributed by atoms with Crippen LogP contribution >= 0.6 is 11.6 Å². The highest BCUT2D eigenvalue weighted by Gasteiger charge is 2.35. The van der Waals surface area contributed by atoms with Crippen LogP contribution in [-0.2, 0) is 0 Å². The van der Waals surface area contributed by atoms with Crippen LogP contribution in [0.1, 0.15) is 97.3 Å². The summed E-state index contributed by atoms with van der Waals surface area (Å²) in [5, 5.41) is 0.483. The van der Waals surface area contributed by atoms with E-state index in [-0.39, 0.29) is 0 Å². The molecule has 0 saturated heterocycles. The third kappa shape index (κ3) is 5.45. The third-order valence-electron chi connectivity index (χ3n) is 6.34. The van der Waals surface area contributed by atoms with E-state index in [0.29, 0.717) is 5.38 Å². The number of unbranched alkanes of at least 4 members (excludes halogenated alkanes) is 2. The van der Waals surface area contributed by atoms with Crippen molar-refractivity contribution in [3.05, 3.63) is 0 Å². The molecular weight excluding hydrogens is 276 g/mol. The van der Waals surface area contributed by atoms with E-state index < -0.39 is 0 Å². The van der Waals surface area contributed by atoms with Crippen LogP contribution in [-0.4, -0.2) is 5.38 Å². The fourth-order valence-electron chi connectivity index (χ4n) is 5.01. The van der Waals surface area contributed by atoms with Gasteiger partial charge in [-0.05, 0) is 49.4 Å². The van der Waals surface area contributed by atoms with Crippen molar-refractivity contribution in [3.63, 3.8) is 0 Å². The van der Waals surface area contributed by atoms with Gasteiger partial charge in [-0.3, -0.25) is 0 Å². The maximum atomic E-state index is 6.79. The van der Waals surface area contributed by atoms with Crippen molar-refractivity contribution >= 4 is 11.6 Å². The Kier molecular flexibility index (Phi) is 7.92. The Morgan fingerprint density at radius 2 is 1.48 bits per heavy atom. The molecule has 2 aliphatic carbocycles. The van der Waals surface area contributed by atoms with E-state index in [1.165, 1.54) is 83.5 Å². The molecule has 2 aliphatic rings. The molecule has 0 bridgehead atoms. The van der Waals surface area contributed by atoms with Crippen LogP contribution in [0.25, 0.3) is 0 Å². The molecule has 0 aromatic heterocycles. The summed E-state index contributed by atoms with van der Waals surface area (Å²) in [5.41, 5.74) is 0. The Bertz CT molecular complexity index is 267. The molecule has 0 N–H and O–H groups in total. The lowest BCUT2D eigenvalue weighted by Gasteiger charge is -2.40. The molecule has 2 rings (SSSR count). The third-order valence-corrected chi connectivity index (χ3v) is 6.84. The van der Waals surface area contributed by atoms with Crippen molar-refractivity contribution in [3.8, 4) is 0 Å². The molecule has 2 fully saturated rings. The maximum absolute atomic E-state index is 6.79. The number of alkyl halides is 1. The number of hydrogen-bond acceptors (Lipinski definition) is 0. The van der Waals surface area contributed by atoms with Gasteiger partial charge >= 0.3 is 0 Å². The summed E-state index contributed by atoms with van der Waals surface area (Å²) in [6, 6.07) is 0. The zero-order valence-electron chi connectivity index (χ0n) is 14.5. The van der Waals surface area contributed by atoms with Gasteiger partial charge in [-0.15, -0.1) is 11.6 Å². The quantitative estimate of drug-likeness (QED) is 0.344. The minimum Gasteiger partial charge on any atom is -0.123 e. The molecule has 21 heavy (non-hydrogen) atoms. The van der Waals surface area contributed by atoms with Crippen LogP contribution in [0.4, 0.5) is 0 Å². The molecule has 3 unspecified atom stereocenters. The minimum atomic E-state index is 0.483. The standard InChI is InChI=1S/C20H37Cl/c1-3-5-6-8-16-9-12-18(13-10-16)19-14-11-17(7-4-2)15-20(19)21/h16-20H,3-15H2,1-2H3. The summed E-state index contributed by atoms with van der Waals surface area (Å²) in [5.74, 6) is 3.77. The van der Waals surface area contributed by atoms with Crippen molar-refractivity contribution in [2.45, 2.75) is 103 Å². The average molecular weight is 313 g/mol. The van der Waals surface area contributed by atoms with Crippen LogP contribution < -0.4 is 0 Å². The van der Waals surface area contributed by atoms with Gasteiger partial charge in [-0.25, -0.2) is 0 Å². The summed E-state index contributed by atoms with van der Waals surface area (Å²) in [6.45, 7) is 4.63. The Labute approximate surface area is 138 Å². The predicted octanol–water partition coefficient (Wildman–Crippen LogP) is 7.20. The van der Waals surface area contributed by atoms with Gasteiger partial charge in [0.05, 0.1) is 0 Å². The first-order valence-corrected chi connectivity index (χ1v) is 10.3. The summed E-state index contributed by atoms with van der Waals surface area (Å²) < 4.78 is 0. The molecule has 0 aromatic rings. The highest BCUT2D eigenvalue weighted by atomic mass is 35.5. The van der Waals surface area contributed by atoms with Crippen molar-refractivity contribution < 1.29 is 0 Å². The second-order valence-corrected chi connectivity index (χ2v) is 8.48. The summed E-state index contributed by atoms with van der Waals surface area (Å²) in [4.78, 5) is 0. The van der Waals surface area contributed by atoms with Crippen molar-refractivity contribution in [2.24, 2.45) is 23.7 Å². The molecule has 2 saturated carbocycles. The van der Waals surface area contributed by atoms with E-state index >= 15 is 0 Å². The van der Waals surface area contributed by atoms with Gasteiger partial charge in [-0.2, -0.15) is 0 Å². The maximum Gasteiger partial charge on any atom is 0.0369 e. The smallest absolute Gasteiger partial charge is 0.0369 e. The first-order chi connectivity index (χ1) is 10.2. The molecule has 0 radical (unpaired) electrons. The lowest BCUT2D eigenvalue weighted by molar-refractivity contribution is 0.144. The lowest BCUT2D eigenvalue weighted by Crippen LogP contribution is -2.33. The van der Waals surface area contributed by atoms with Crippen LogP contribution in [0.15, 0.2) is 0 Å². The van der Waals surface area contributed by atoms with E-state index in [9.17, 15) is 0 Å². The van der Waals surface area contributed by atoms with Gasteiger partial charge in [0.2, 0.25) is 0 Å². The Balaban J connectivity index is 1.70. The fraction of sp³-hybridized carbons (Fsp3) is 1.00. The summed E-state index contributed by atoms with van der Waals surface area (Å²) in [7, 11) is 0. The number of hydrogen-bond donors (Lipinski definition) is 0. The van der Waals surface area contributed by atoms with Gasteiger partial charge in [0.25, 0.3) is 0 Å². The highest BCUT2D eigenvalue weighted by Crippen LogP contribution is 2.44. The van der Waals surface area contributed by atoms with Crippen molar-refractivity contribution in [1.29, 1.82) is 0 Å². The first kappa shape index (κ1) is 17.6. The van der Waals surface area contributed by atoms with Gasteiger partial charge in [-0.1, -0.05) is 71.6 Å². The molecule has 0 heterocycles. The van der Waals surface area contributed by atoms with E-state index in [1.54, 1.807) is 0 Å². The van der Waals surface area contributed by atoms with Gasteiger partial charge < -0.3 is 0 Å². The Morgan fingerprint density at radius 3 is 2.10 bits per heavy atom. The van der Waals surface area contributed by atoms with Gasteiger partial charge in [0.1, 0.15) is 0 Å². The molecule has 0 aromatic carbocycles. The monoisotopic (exact) mass is 312 g/mol. The van der Waals surface area contributed by atoms with E-state index in [2.05, 4.69) is 13.8 Å². The first-order valence-electron chi connectivity index (χ1n) is 9.88. The molecule has 0 aliphatic heterocycles. The second kappa shape index (κ2) is 9.43. The molecule has 3 atom stereocenters. The average Bonchev–Trinajstić information content (AvgIpc) is 2.49. The summed E-state index contributed by atoms with van der Waals surface area (Å²) >= 11 is 6.79. The topological polar surface area (TPSA) is 0 Å². The molecule has 0 spiro atoms. The number of rotatable bonds is 7. The van der Waals surface area contributed by atoms with Crippen LogP contribution in [0, 0.1) is 23.7 Å². The molecule has 1 heteroatoms. The Hall–Kier alpha value is 0.290. The molecular formula is C20H37Cl. The Morgan fingerprint density at radius 1 is 0.762 bits per heavy atom. The van der Waals surface area contributed by atoms with E-state index in [1.807, 2.05) is 0 Å². The zero-order valence-corrected chi connectivity index (χ0v) is 15.2. The van der Waals surface area contributed by atoms with Crippen molar-refractivity contribution in [2.75, 3.05) is 0 Å². The van der Waals surface area contributed by atoms with E-state index in [4.69, 9.17) is 11.6 Å². The minimum absolute atomic E-state index is 0.483. The van der Waals surface area contributed by atoms with Gasteiger partial charge in [0.15, 0.2) is 0 Å². The van der Waals surface area contributed by atoms with E-state index in [0.717, 1.165) is 23.7 Å². The number of halogens is 1. The van der Waals surface area contributed by atoms with Crippen LogP contribution in [0.3, 0.4) is 0 Å². The molecule has 124 valence electrons. The highest BCUT2D eigenvalue weighted by molar-refractivity contribution is 6.20. The second-order valence-electron chi connectivity index (χ2n) is 7.92. The fourth-order valence-corrected chi connectivity index (χ4v) is 5.59. The molecule has 0 nitrogen and oxygen atoms in total. The lowest BCUT2D eigenvalue weighted by atomic mass is 9.68. The van der Waals surface area contributed by atoms with Crippen LogP contribution in [0.5, 0.6) is 0 Å². The zero-order chi connectivity index (χ0) is 15.1. The summed E-state index contributed by atoms with van der Waals surface area (Å²) in [6.07, 6.45) is 18.6. The largest absolute Gasteiger partial charge is 0.123 e. The van der Waals surface area contributed by atoms with Gasteiger partial charge in [0, 0.05) is 5.38 Å². The SMILES string of the molecule is CCCCCC1CCC(C2CCC(CCC)CC2Cl)CC1. The van der Waals surface area contributed by atoms with Crippen molar-refractivity contribution in [1.82, 2.24) is 0 Å². The predicted molar refractivity (Wildman–Crippen MR) is 95.0 cm³/mol. The molecule has 0 amide bonds. The van der Waals surface area contributed by atoms with Crippen LogP contribution in [0.2, 0.25) is 0 Å². The normalized spacial score (nSPS) is 37.6.